The van der Waals surface area contributed by atoms with Crippen molar-refractivity contribution in [3.8, 4) is 17.2 Å². The van der Waals surface area contributed by atoms with Crippen LogP contribution in [0.4, 0.5) is 0 Å². The van der Waals surface area contributed by atoms with Gasteiger partial charge in [-0.05, 0) is 11.5 Å². The summed E-state index contributed by atoms with van der Waals surface area (Å²) in [7, 11) is 3.07. The molecule has 3 nitrogen and oxygen atoms in total. The summed E-state index contributed by atoms with van der Waals surface area (Å²) in [5.41, 5.74) is 0.286. The van der Waals surface area contributed by atoms with Crippen LogP contribution in [0.2, 0.25) is 0 Å². The Morgan fingerprint density at radius 2 is 1.57 bits per heavy atom. The molecule has 0 aliphatic heterocycles. The molecular weight excluding hydrogens is 196 g/mol. The van der Waals surface area contributed by atoms with Gasteiger partial charge in [0.1, 0.15) is 5.75 Å². The second kappa shape index (κ2) is 3.20. The number of phenolic OH excluding ortho intramolecular Hbond substituents is 3. The summed E-state index contributed by atoms with van der Waals surface area (Å²) in [4.78, 5) is 0. The Bertz CT molecular complexity index is 367. The molecule has 1 aromatic rings. The summed E-state index contributed by atoms with van der Waals surface area (Å²) < 4.78 is 0. The summed E-state index contributed by atoms with van der Waals surface area (Å²) >= 11 is 0. The smallest absolute Gasteiger partial charge is 0.159 e. The van der Waals surface area contributed by atoms with Gasteiger partial charge in [-0.2, -0.15) is 0 Å². The van der Waals surface area contributed by atoms with Gasteiger partial charge in [-0.1, -0.05) is 20.8 Å². The van der Waals surface area contributed by atoms with E-state index in [2.05, 4.69) is 10.2 Å². The van der Waals surface area contributed by atoms with Gasteiger partial charge in [0.25, 0.3) is 0 Å². The van der Waals surface area contributed by atoms with Crippen LogP contribution in [0.5, 0.6) is 17.2 Å². The minimum atomic E-state index is -0.341. The topological polar surface area (TPSA) is 60.7 Å². The Balaban J connectivity index is 3.49. The van der Waals surface area contributed by atoms with Gasteiger partial charge >= 0.3 is 0 Å². The molecule has 0 saturated heterocycles. The van der Waals surface area contributed by atoms with E-state index in [0.29, 0.717) is 5.56 Å². The highest BCUT2D eigenvalue weighted by atomic mass is 28.1. The van der Waals surface area contributed by atoms with Crippen LogP contribution in [-0.4, -0.2) is 25.6 Å². The molecule has 75 valence electrons. The van der Waals surface area contributed by atoms with E-state index in [1.807, 2.05) is 20.8 Å². The fourth-order valence-electron chi connectivity index (χ4n) is 1.22. The summed E-state index contributed by atoms with van der Waals surface area (Å²) in [6.45, 7) is 5.72. The van der Waals surface area contributed by atoms with E-state index in [1.165, 1.54) is 6.07 Å². The average molecular weight is 209 g/mol. The molecule has 0 unspecified atom stereocenters. The Morgan fingerprint density at radius 3 is 2.00 bits per heavy atom. The van der Waals surface area contributed by atoms with Crippen LogP contribution in [0.3, 0.4) is 0 Å². The predicted octanol–water partition coefficient (Wildman–Crippen LogP) is 0.895. The van der Waals surface area contributed by atoms with Gasteiger partial charge in [0.05, 0.1) is 10.2 Å². The number of rotatable bonds is 0. The number of phenols is 3. The number of hydrogen-bond acceptors (Lipinski definition) is 3. The summed E-state index contributed by atoms with van der Waals surface area (Å²) in [6.07, 6.45) is 0. The fraction of sp³-hybridized carbons (Fsp3) is 0.400. The van der Waals surface area contributed by atoms with Crippen molar-refractivity contribution >= 4 is 15.4 Å². The summed E-state index contributed by atoms with van der Waals surface area (Å²) in [5.74, 6) is -0.616. The molecular formula is C10H13O3Si. The van der Waals surface area contributed by atoms with Crippen molar-refractivity contribution in [1.82, 2.24) is 0 Å². The highest BCUT2D eigenvalue weighted by molar-refractivity contribution is 6.36. The number of benzene rings is 1. The normalized spacial score (nSPS) is 11.7. The fourth-order valence-corrected chi connectivity index (χ4v) is 1.48. The Morgan fingerprint density at radius 1 is 1.07 bits per heavy atom. The SMILES string of the molecule is CC(C)(C)c1cc(O)c(O)c([Si])c1O. The molecule has 4 heteroatoms. The van der Waals surface area contributed by atoms with E-state index in [1.54, 1.807) is 0 Å². The maximum atomic E-state index is 9.72. The Kier molecular flexibility index (Phi) is 2.50. The van der Waals surface area contributed by atoms with Crippen molar-refractivity contribution in [3.05, 3.63) is 11.6 Å². The zero-order valence-electron chi connectivity index (χ0n) is 8.42. The molecule has 1 rings (SSSR count). The third-order valence-electron chi connectivity index (χ3n) is 2.06. The monoisotopic (exact) mass is 209 g/mol. The lowest BCUT2D eigenvalue weighted by Crippen LogP contribution is -2.16. The minimum Gasteiger partial charge on any atom is -0.508 e. The Labute approximate surface area is 86.4 Å². The maximum absolute atomic E-state index is 9.72. The zero-order valence-corrected chi connectivity index (χ0v) is 9.42. The van der Waals surface area contributed by atoms with E-state index in [4.69, 9.17) is 0 Å². The van der Waals surface area contributed by atoms with Crippen LogP contribution >= 0.6 is 0 Å². The van der Waals surface area contributed by atoms with Crippen LogP contribution in [0.15, 0.2) is 6.07 Å². The lowest BCUT2D eigenvalue weighted by Gasteiger charge is -2.22. The molecule has 3 radical (unpaired) electrons. The van der Waals surface area contributed by atoms with Crippen molar-refractivity contribution in [2.75, 3.05) is 0 Å². The highest BCUT2D eigenvalue weighted by Crippen LogP contribution is 2.36. The molecule has 0 fully saturated rings. The van der Waals surface area contributed by atoms with E-state index in [-0.39, 0.29) is 27.9 Å². The molecule has 1 aromatic carbocycles. The first kappa shape index (κ1) is 10.9. The van der Waals surface area contributed by atoms with Crippen LogP contribution in [0.1, 0.15) is 26.3 Å². The first-order chi connectivity index (χ1) is 6.25. The number of aromatic hydroxyl groups is 3. The molecule has 0 bridgehead atoms. The second-order valence-corrected chi connectivity index (χ2v) is 4.77. The average Bonchev–Trinajstić information content (AvgIpc) is 2.06. The van der Waals surface area contributed by atoms with Gasteiger partial charge in [-0.25, -0.2) is 0 Å². The van der Waals surface area contributed by atoms with Gasteiger partial charge in [-0.3, -0.25) is 0 Å². The van der Waals surface area contributed by atoms with Gasteiger partial charge in [0.15, 0.2) is 11.5 Å². The van der Waals surface area contributed by atoms with Crippen molar-refractivity contribution in [2.24, 2.45) is 0 Å². The molecule has 14 heavy (non-hydrogen) atoms. The molecule has 0 saturated carbocycles. The van der Waals surface area contributed by atoms with E-state index in [0.717, 1.165) is 0 Å². The maximum Gasteiger partial charge on any atom is 0.159 e. The van der Waals surface area contributed by atoms with Crippen molar-refractivity contribution in [1.29, 1.82) is 0 Å². The molecule has 0 amide bonds. The van der Waals surface area contributed by atoms with Gasteiger partial charge in [-0.15, -0.1) is 0 Å². The second-order valence-electron chi connectivity index (χ2n) is 4.27. The van der Waals surface area contributed by atoms with Crippen molar-refractivity contribution in [3.63, 3.8) is 0 Å². The quantitative estimate of drug-likeness (QED) is 0.338. The number of hydrogen-bond donors (Lipinski definition) is 3. The third kappa shape index (κ3) is 1.70. The summed E-state index contributed by atoms with van der Waals surface area (Å²) in [5, 5.41) is 28.5. The van der Waals surface area contributed by atoms with Crippen LogP contribution < -0.4 is 5.19 Å². The molecule has 0 aromatic heterocycles. The van der Waals surface area contributed by atoms with Crippen molar-refractivity contribution in [2.45, 2.75) is 26.2 Å². The summed E-state index contributed by atoms with van der Waals surface area (Å²) in [6, 6.07) is 1.37. The van der Waals surface area contributed by atoms with Crippen LogP contribution in [0.25, 0.3) is 0 Å². The van der Waals surface area contributed by atoms with Gasteiger partial charge in [0, 0.05) is 10.8 Å². The molecule has 0 aliphatic rings. The minimum absolute atomic E-state index is 0.0375. The third-order valence-corrected chi connectivity index (χ3v) is 2.53. The molecule has 3 N–H and O–H groups in total. The van der Waals surface area contributed by atoms with Crippen LogP contribution in [0, 0.1) is 0 Å². The lowest BCUT2D eigenvalue weighted by molar-refractivity contribution is 0.394. The first-order valence-electron chi connectivity index (χ1n) is 4.25. The van der Waals surface area contributed by atoms with Crippen molar-refractivity contribution < 1.29 is 15.3 Å². The Hall–Kier alpha value is -1.16. The molecule has 0 spiro atoms. The lowest BCUT2D eigenvalue weighted by atomic mass is 9.86. The van der Waals surface area contributed by atoms with E-state index < -0.39 is 0 Å². The van der Waals surface area contributed by atoms with E-state index >= 15 is 0 Å². The highest BCUT2D eigenvalue weighted by Gasteiger charge is 2.22. The standard InChI is InChI=1S/C10H13O3Si/c1-10(2,3)5-4-6(11)8(13)9(14)7(5)12/h4,11-13H,1-3H3. The predicted molar refractivity (Wildman–Crippen MR) is 55.5 cm³/mol. The van der Waals surface area contributed by atoms with E-state index in [9.17, 15) is 15.3 Å². The largest absolute Gasteiger partial charge is 0.508 e. The molecule has 0 aliphatic carbocycles. The molecule has 0 heterocycles. The van der Waals surface area contributed by atoms with Crippen LogP contribution in [-0.2, 0) is 5.41 Å². The zero-order chi connectivity index (χ0) is 11.1. The van der Waals surface area contributed by atoms with Gasteiger partial charge < -0.3 is 15.3 Å². The van der Waals surface area contributed by atoms with Gasteiger partial charge in [0.2, 0.25) is 0 Å². The first-order valence-corrected chi connectivity index (χ1v) is 4.75. The molecule has 0 atom stereocenters.